The molecule has 3 nitrogen and oxygen atoms in total. The molecule has 1 aromatic carbocycles. The topological polar surface area (TPSA) is 34.1 Å². The first kappa shape index (κ1) is 16.1. The Hall–Kier alpha value is -1.23. The zero-order chi connectivity index (χ0) is 15.2. The Morgan fingerprint density at radius 1 is 1.24 bits per heavy atom. The van der Waals surface area contributed by atoms with Gasteiger partial charge in [0.05, 0.1) is 12.3 Å². The molecule has 0 radical (unpaired) electrons. The van der Waals surface area contributed by atoms with Crippen molar-refractivity contribution < 1.29 is 4.74 Å². The highest BCUT2D eigenvalue weighted by molar-refractivity contribution is 7.15. The minimum atomic E-state index is 0.570. The van der Waals surface area contributed by atoms with Crippen LogP contribution in [0.2, 0.25) is 0 Å². The highest BCUT2D eigenvalue weighted by Crippen LogP contribution is 2.28. The molecule has 1 N–H and O–H groups in total. The van der Waals surface area contributed by atoms with Crippen LogP contribution in [-0.2, 0) is 17.9 Å². The quantitative estimate of drug-likeness (QED) is 0.839. The fourth-order valence-corrected chi connectivity index (χ4v) is 3.10. The summed E-state index contributed by atoms with van der Waals surface area (Å²) < 4.78 is 5.28. The third-order valence-corrected chi connectivity index (χ3v) is 4.34. The molecular formula is C17H24N2OS. The first-order valence-electron chi connectivity index (χ1n) is 7.35. The van der Waals surface area contributed by atoms with Gasteiger partial charge < -0.3 is 10.1 Å². The fraction of sp³-hybridized carbons (Fsp3) is 0.471. The number of nitrogens with one attached hydrogen (secondary N) is 1. The number of rotatable bonds is 7. The van der Waals surface area contributed by atoms with E-state index in [1.165, 1.54) is 16.0 Å². The molecule has 1 aromatic heterocycles. The summed E-state index contributed by atoms with van der Waals surface area (Å²) in [5.41, 5.74) is 3.50. The second-order valence-corrected chi connectivity index (χ2v) is 6.80. The number of thiazole rings is 1. The number of hydrogen-bond donors (Lipinski definition) is 1. The van der Waals surface area contributed by atoms with E-state index in [4.69, 9.17) is 9.72 Å². The molecule has 0 unspecified atom stereocenters. The molecule has 2 aromatic rings. The number of benzene rings is 1. The van der Waals surface area contributed by atoms with E-state index in [1.807, 2.05) is 0 Å². The summed E-state index contributed by atoms with van der Waals surface area (Å²) in [6.45, 7) is 8.98. The van der Waals surface area contributed by atoms with Crippen LogP contribution in [0.3, 0.4) is 0 Å². The number of ether oxygens (including phenoxy) is 1. The summed E-state index contributed by atoms with van der Waals surface area (Å²) >= 11 is 1.76. The predicted molar refractivity (Wildman–Crippen MR) is 89.5 cm³/mol. The Bertz CT molecular complexity index is 561. The van der Waals surface area contributed by atoms with Gasteiger partial charge in [0, 0.05) is 24.1 Å². The molecule has 0 fully saturated rings. The van der Waals surface area contributed by atoms with Crippen molar-refractivity contribution in [2.24, 2.45) is 5.92 Å². The lowest BCUT2D eigenvalue weighted by atomic mass is 10.2. The molecule has 0 aliphatic heterocycles. The summed E-state index contributed by atoms with van der Waals surface area (Å²) in [4.78, 5) is 6.02. The summed E-state index contributed by atoms with van der Waals surface area (Å²) in [6.07, 6.45) is 0. The molecular weight excluding hydrogens is 280 g/mol. The van der Waals surface area contributed by atoms with E-state index in [1.54, 1.807) is 18.4 Å². The van der Waals surface area contributed by atoms with Crippen LogP contribution >= 0.6 is 11.3 Å². The van der Waals surface area contributed by atoms with Crippen LogP contribution in [0.25, 0.3) is 10.6 Å². The van der Waals surface area contributed by atoms with Crippen molar-refractivity contribution in [2.75, 3.05) is 13.7 Å². The van der Waals surface area contributed by atoms with Crippen molar-refractivity contribution in [1.82, 2.24) is 10.3 Å². The van der Waals surface area contributed by atoms with Crippen molar-refractivity contribution in [3.8, 4) is 10.6 Å². The van der Waals surface area contributed by atoms with Gasteiger partial charge in [0.25, 0.3) is 0 Å². The van der Waals surface area contributed by atoms with Gasteiger partial charge in [0.1, 0.15) is 5.01 Å². The molecule has 0 saturated heterocycles. The van der Waals surface area contributed by atoms with Crippen LogP contribution in [-0.4, -0.2) is 18.6 Å². The average Bonchev–Trinajstić information content (AvgIpc) is 2.83. The number of nitrogens with zero attached hydrogens (tertiary/aromatic N) is 1. The standard InChI is InChI=1S/C17H24N2OS/c1-12(2)9-18-10-16-15(11-20-4)19-17(21-16)14-7-5-13(3)6-8-14/h5-8,12,18H,9-11H2,1-4H3. The van der Waals surface area contributed by atoms with Gasteiger partial charge in [-0.05, 0) is 19.4 Å². The Morgan fingerprint density at radius 2 is 1.95 bits per heavy atom. The Kier molecular flexibility index (Phi) is 5.91. The van der Waals surface area contributed by atoms with Crippen molar-refractivity contribution in [2.45, 2.75) is 33.9 Å². The molecule has 0 saturated carbocycles. The molecule has 0 aliphatic rings. The minimum Gasteiger partial charge on any atom is -0.378 e. The van der Waals surface area contributed by atoms with Crippen LogP contribution in [0.1, 0.15) is 30.0 Å². The van der Waals surface area contributed by atoms with Gasteiger partial charge in [-0.1, -0.05) is 43.7 Å². The lowest BCUT2D eigenvalue weighted by molar-refractivity contribution is 0.181. The maximum atomic E-state index is 5.28. The van der Waals surface area contributed by atoms with Gasteiger partial charge in [0.2, 0.25) is 0 Å². The van der Waals surface area contributed by atoms with Gasteiger partial charge >= 0.3 is 0 Å². The monoisotopic (exact) mass is 304 g/mol. The summed E-state index contributed by atoms with van der Waals surface area (Å²) in [5.74, 6) is 0.653. The number of aromatic nitrogens is 1. The smallest absolute Gasteiger partial charge is 0.124 e. The van der Waals surface area contributed by atoms with E-state index in [2.05, 4.69) is 50.4 Å². The number of aryl methyl sites for hydroxylation is 1. The van der Waals surface area contributed by atoms with E-state index < -0.39 is 0 Å². The Labute approximate surface area is 131 Å². The lowest BCUT2D eigenvalue weighted by Crippen LogP contribution is -2.19. The van der Waals surface area contributed by atoms with Gasteiger partial charge in [-0.25, -0.2) is 4.98 Å². The van der Waals surface area contributed by atoms with Crippen molar-refractivity contribution in [1.29, 1.82) is 0 Å². The van der Waals surface area contributed by atoms with E-state index in [-0.39, 0.29) is 0 Å². The molecule has 2 rings (SSSR count). The maximum absolute atomic E-state index is 5.28. The SMILES string of the molecule is COCc1nc(-c2ccc(C)cc2)sc1CNCC(C)C. The van der Waals surface area contributed by atoms with Crippen molar-refractivity contribution in [3.63, 3.8) is 0 Å². The largest absolute Gasteiger partial charge is 0.378 e. The van der Waals surface area contributed by atoms with Gasteiger partial charge in [-0.15, -0.1) is 11.3 Å². The van der Waals surface area contributed by atoms with E-state index in [0.29, 0.717) is 12.5 Å². The summed E-state index contributed by atoms with van der Waals surface area (Å²) in [5, 5.41) is 4.56. The summed E-state index contributed by atoms with van der Waals surface area (Å²) in [7, 11) is 1.72. The van der Waals surface area contributed by atoms with Crippen LogP contribution in [0.15, 0.2) is 24.3 Å². The van der Waals surface area contributed by atoms with Crippen LogP contribution < -0.4 is 5.32 Å². The molecule has 0 amide bonds. The third-order valence-electron chi connectivity index (χ3n) is 3.20. The normalized spacial score (nSPS) is 11.3. The molecule has 21 heavy (non-hydrogen) atoms. The second kappa shape index (κ2) is 7.69. The lowest BCUT2D eigenvalue weighted by Gasteiger charge is -2.06. The average molecular weight is 304 g/mol. The number of hydrogen-bond acceptors (Lipinski definition) is 4. The highest BCUT2D eigenvalue weighted by Gasteiger charge is 2.12. The Balaban J connectivity index is 2.17. The van der Waals surface area contributed by atoms with Crippen molar-refractivity contribution in [3.05, 3.63) is 40.4 Å². The minimum absolute atomic E-state index is 0.570. The van der Waals surface area contributed by atoms with E-state index >= 15 is 0 Å². The van der Waals surface area contributed by atoms with E-state index in [0.717, 1.165) is 23.8 Å². The first-order valence-corrected chi connectivity index (χ1v) is 8.17. The molecule has 1 heterocycles. The third kappa shape index (κ3) is 4.63. The van der Waals surface area contributed by atoms with Gasteiger partial charge in [0.15, 0.2) is 0 Å². The molecule has 114 valence electrons. The summed E-state index contributed by atoms with van der Waals surface area (Å²) in [6, 6.07) is 8.53. The molecule has 0 atom stereocenters. The Morgan fingerprint density at radius 3 is 2.57 bits per heavy atom. The van der Waals surface area contributed by atoms with Crippen LogP contribution in [0.5, 0.6) is 0 Å². The maximum Gasteiger partial charge on any atom is 0.124 e. The first-order chi connectivity index (χ1) is 10.1. The van der Waals surface area contributed by atoms with Gasteiger partial charge in [-0.2, -0.15) is 0 Å². The second-order valence-electron chi connectivity index (χ2n) is 5.71. The van der Waals surface area contributed by atoms with Crippen molar-refractivity contribution >= 4 is 11.3 Å². The zero-order valence-corrected chi connectivity index (χ0v) is 14.1. The van der Waals surface area contributed by atoms with Crippen LogP contribution in [0.4, 0.5) is 0 Å². The molecule has 0 bridgehead atoms. The van der Waals surface area contributed by atoms with Crippen LogP contribution in [0, 0.1) is 12.8 Å². The highest BCUT2D eigenvalue weighted by atomic mass is 32.1. The molecule has 4 heteroatoms. The molecule has 0 aliphatic carbocycles. The predicted octanol–water partition coefficient (Wildman–Crippen LogP) is 4.01. The molecule has 0 spiro atoms. The van der Waals surface area contributed by atoms with Gasteiger partial charge in [-0.3, -0.25) is 0 Å². The zero-order valence-electron chi connectivity index (χ0n) is 13.3. The fourth-order valence-electron chi connectivity index (χ4n) is 2.06. The van der Waals surface area contributed by atoms with E-state index in [9.17, 15) is 0 Å². The number of methoxy groups -OCH3 is 1.